The molecular weight excluding hydrogens is 222 g/mol. The fourth-order valence-corrected chi connectivity index (χ4v) is 1.72. The van der Waals surface area contributed by atoms with Crippen LogP contribution in [0.2, 0.25) is 5.02 Å². The van der Waals surface area contributed by atoms with Gasteiger partial charge in [-0.1, -0.05) is 11.6 Å². The molecule has 90 valence electrons. The molecule has 0 aliphatic carbocycles. The summed E-state index contributed by atoms with van der Waals surface area (Å²) in [7, 11) is 1.68. The highest BCUT2D eigenvalue weighted by atomic mass is 35.5. The lowest BCUT2D eigenvalue weighted by Crippen LogP contribution is -2.32. The van der Waals surface area contributed by atoms with Gasteiger partial charge in [-0.15, -0.1) is 0 Å². The van der Waals surface area contributed by atoms with E-state index in [0.29, 0.717) is 0 Å². The Balaban J connectivity index is 2.90. The van der Waals surface area contributed by atoms with Crippen LogP contribution in [-0.4, -0.2) is 12.6 Å². The van der Waals surface area contributed by atoms with Crippen LogP contribution in [0.25, 0.3) is 0 Å². The van der Waals surface area contributed by atoms with Crippen LogP contribution in [0, 0.1) is 6.92 Å². The number of halogens is 1. The molecule has 0 atom stereocenters. The minimum absolute atomic E-state index is 0.164. The zero-order valence-corrected chi connectivity index (χ0v) is 11.2. The summed E-state index contributed by atoms with van der Waals surface area (Å²) in [6.45, 7) is 6.02. The molecule has 0 bridgehead atoms. The topological polar surface area (TPSA) is 35.2 Å². The van der Waals surface area contributed by atoms with Crippen LogP contribution in [0.15, 0.2) is 12.1 Å². The first-order valence-corrected chi connectivity index (χ1v) is 5.83. The quantitative estimate of drug-likeness (QED) is 0.878. The average molecular weight is 242 g/mol. The van der Waals surface area contributed by atoms with Crippen molar-refractivity contribution in [2.45, 2.75) is 39.2 Å². The van der Waals surface area contributed by atoms with E-state index < -0.39 is 0 Å². The Morgan fingerprint density at radius 2 is 2.00 bits per heavy atom. The summed E-state index contributed by atoms with van der Waals surface area (Å²) in [5.41, 5.74) is 7.96. The van der Waals surface area contributed by atoms with E-state index in [-0.39, 0.29) is 5.54 Å². The molecule has 0 spiro atoms. The van der Waals surface area contributed by atoms with Gasteiger partial charge in [0.05, 0.1) is 7.11 Å². The Morgan fingerprint density at radius 1 is 1.38 bits per heavy atom. The predicted molar refractivity (Wildman–Crippen MR) is 69.3 cm³/mol. The summed E-state index contributed by atoms with van der Waals surface area (Å²) in [5.74, 6) is 0.895. The van der Waals surface area contributed by atoms with Gasteiger partial charge in [-0.3, -0.25) is 0 Å². The molecule has 0 aliphatic heterocycles. The smallest absolute Gasteiger partial charge is 0.122 e. The number of rotatable bonds is 4. The molecule has 1 aromatic rings. The number of nitrogens with two attached hydrogens (primary N) is 1. The van der Waals surface area contributed by atoms with E-state index >= 15 is 0 Å². The van der Waals surface area contributed by atoms with Crippen molar-refractivity contribution >= 4 is 11.6 Å². The predicted octanol–water partition coefficient (Wildman–Crippen LogP) is 3.33. The molecule has 0 aliphatic rings. The fraction of sp³-hybridized carbons (Fsp3) is 0.538. The molecule has 2 N–H and O–H groups in total. The monoisotopic (exact) mass is 241 g/mol. The Hall–Kier alpha value is -0.730. The van der Waals surface area contributed by atoms with Crippen molar-refractivity contribution < 1.29 is 4.74 Å². The van der Waals surface area contributed by atoms with Crippen LogP contribution in [0.5, 0.6) is 5.75 Å². The van der Waals surface area contributed by atoms with Gasteiger partial charge in [-0.2, -0.15) is 0 Å². The Kier molecular flexibility index (Phi) is 4.22. The van der Waals surface area contributed by atoms with Crippen LogP contribution in [-0.2, 0) is 6.42 Å². The second kappa shape index (κ2) is 5.07. The van der Waals surface area contributed by atoms with E-state index in [1.165, 1.54) is 0 Å². The van der Waals surface area contributed by atoms with Gasteiger partial charge in [0.1, 0.15) is 5.75 Å². The Bertz CT molecular complexity index is 369. The van der Waals surface area contributed by atoms with Crippen molar-refractivity contribution in [1.82, 2.24) is 0 Å². The van der Waals surface area contributed by atoms with Crippen molar-refractivity contribution in [1.29, 1.82) is 0 Å². The van der Waals surface area contributed by atoms with Crippen LogP contribution >= 0.6 is 11.6 Å². The van der Waals surface area contributed by atoms with E-state index in [1.807, 2.05) is 32.9 Å². The van der Waals surface area contributed by atoms with Crippen LogP contribution in [0.3, 0.4) is 0 Å². The summed E-state index contributed by atoms with van der Waals surface area (Å²) < 4.78 is 5.35. The van der Waals surface area contributed by atoms with Gasteiger partial charge >= 0.3 is 0 Å². The lowest BCUT2D eigenvalue weighted by atomic mass is 9.95. The van der Waals surface area contributed by atoms with Crippen LogP contribution in [0.4, 0.5) is 0 Å². The number of hydrogen-bond donors (Lipinski definition) is 1. The first-order chi connectivity index (χ1) is 7.33. The molecule has 1 aromatic carbocycles. The van der Waals surface area contributed by atoms with E-state index in [1.54, 1.807) is 7.11 Å². The maximum Gasteiger partial charge on any atom is 0.122 e. The van der Waals surface area contributed by atoms with Crippen molar-refractivity contribution in [3.8, 4) is 5.75 Å². The van der Waals surface area contributed by atoms with Gasteiger partial charge in [0.15, 0.2) is 0 Å². The summed E-state index contributed by atoms with van der Waals surface area (Å²) >= 11 is 6.11. The second-order valence-corrected chi connectivity index (χ2v) is 5.31. The lowest BCUT2D eigenvalue weighted by Gasteiger charge is -2.19. The minimum Gasteiger partial charge on any atom is -0.496 e. The maximum absolute atomic E-state index is 6.11. The standard InChI is InChI=1S/C13H20ClNO/c1-9-7-12(16-4)10(8-11(9)14)5-6-13(2,3)15/h7-8H,5-6,15H2,1-4H3. The van der Waals surface area contributed by atoms with Gasteiger partial charge in [0.25, 0.3) is 0 Å². The summed E-state index contributed by atoms with van der Waals surface area (Å²) in [6.07, 6.45) is 1.79. The number of methoxy groups -OCH3 is 1. The molecule has 0 fully saturated rings. The minimum atomic E-state index is -0.164. The van der Waals surface area contributed by atoms with Crippen molar-refractivity contribution in [3.63, 3.8) is 0 Å². The highest BCUT2D eigenvalue weighted by molar-refractivity contribution is 6.31. The Morgan fingerprint density at radius 3 is 2.50 bits per heavy atom. The fourth-order valence-electron chi connectivity index (χ4n) is 1.54. The number of benzene rings is 1. The first kappa shape index (κ1) is 13.3. The molecule has 0 unspecified atom stereocenters. The largest absolute Gasteiger partial charge is 0.496 e. The highest BCUT2D eigenvalue weighted by Gasteiger charge is 2.13. The molecule has 0 amide bonds. The third kappa shape index (κ3) is 3.69. The summed E-state index contributed by atoms with van der Waals surface area (Å²) in [5, 5.41) is 0.783. The molecular formula is C13H20ClNO. The molecule has 0 saturated heterocycles. The molecule has 16 heavy (non-hydrogen) atoms. The number of aryl methyl sites for hydroxylation is 2. The van der Waals surface area contributed by atoms with Crippen molar-refractivity contribution in [2.75, 3.05) is 7.11 Å². The molecule has 2 nitrogen and oxygen atoms in total. The molecule has 3 heteroatoms. The van der Waals surface area contributed by atoms with Gasteiger partial charge in [0, 0.05) is 10.6 Å². The number of hydrogen-bond acceptors (Lipinski definition) is 2. The third-order valence-corrected chi connectivity index (χ3v) is 3.01. The molecule has 1 rings (SSSR count). The van der Waals surface area contributed by atoms with Gasteiger partial charge < -0.3 is 10.5 Å². The van der Waals surface area contributed by atoms with Crippen LogP contribution in [0.1, 0.15) is 31.4 Å². The third-order valence-electron chi connectivity index (χ3n) is 2.60. The van der Waals surface area contributed by atoms with E-state index in [2.05, 4.69) is 0 Å². The van der Waals surface area contributed by atoms with Crippen molar-refractivity contribution in [2.24, 2.45) is 5.73 Å². The van der Waals surface area contributed by atoms with Gasteiger partial charge in [0.2, 0.25) is 0 Å². The van der Waals surface area contributed by atoms with Gasteiger partial charge in [-0.25, -0.2) is 0 Å². The van der Waals surface area contributed by atoms with E-state index in [4.69, 9.17) is 22.1 Å². The highest BCUT2D eigenvalue weighted by Crippen LogP contribution is 2.28. The normalized spacial score (nSPS) is 11.6. The van der Waals surface area contributed by atoms with E-state index in [0.717, 1.165) is 34.7 Å². The van der Waals surface area contributed by atoms with E-state index in [9.17, 15) is 0 Å². The summed E-state index contributed by atoms with van der Waals surface area (Å²) in [4.78, 5) is 0. The maximum atomic E-state index is 6.11. The second-order valence-electron chi connectivity index (χ2n) is 4.90. The SMILES string of the molecule is COc1cc(C)c(Cl)cc1CCC(C)(C)N. The van der Waals surface area contributed by atoms with Crippen molar-refractivity contribution in [3.05, 3.63) is 28.3 Å². The first-order valence-electron chi connectivity index (χ1n) is 5.45. The molecule has 0 radical (unpaired) electrons. The zero-order valence-electron chi connectivity index (χ0n) is 10.4. The van der Waals surface area contributed by atoms with Gasteiger partial charge in [-0.05, 0) is 56.9 Å². The molecule has 0 heterocycles. The molecule has 0 saturated carbocycles. The lowest BCUT2D eigenvalue weighted by molar-refractivity contribution is 0.404. The van der Waals surface area contributed by atoms with Crippen LogP contribution < -0.4 is 10.5 Å². The summed E-state index contributed by atoms with van der Waals surface area (Å²) in [6, 6.07) is 3.95. The molecule has 0 aromatic heterocycles. The Labute approximate surface area is 103 Å². The average Bonchev–Trinajstić information content (AvgIpc) is 2.18. The zero-order chi connectivity index (χ0) is 12.3. The number of ether oxygens (including phenoxy) is 1.